The quantitative estimate of drug-likeness (QED) is 0.773. The highest BCUT2D eigenvalue weighted by Gasteiger charge is 2.42. The standard InChI is InChI=1S/C22H32N2O3S/c1-17-11-12-18-7-5-6-10-21(18)24(17)22(25)19-13-15-23(16-14-19)28(26,27)20-8-3-2-4-9-20/h2-4,8-9,17-19,21H,5-7,10-16H2,1H3. The number of sulfonamides is 1. The molecule has 28 heavy (non-hydrogen) atoms. The molecule has 1 aromatic rings. The van der Waals surface area contributed by atoms with Gasteiger partial charge in [0.2, 0.25) is 15.9 Å². The van der Waals surface area contributed by atoms with Crippen LogP contribution in [0.15, 0.2) is 35.2 Å². The molecule has 2 saturated heterocycles. The summed E-state index contributed by atoms with van der Waals surface area (Å²) in [5, 5.41) is 0. The van der Waals surface area contributed by atoms with Crippen LogP contribution in [0.3, 0.4) is 0 Å². The number of hydrogen-bond donors (Lipinski definition) is 0. The first-order valence-corrected chi connectivity index (χ1v) is 12.3. The molecule has 1 aromatic carbocycles. The van der Waals surface area contributed by atoms with Gasteiger partial charge in [-0.1, -0.05) is 31.0 Å². The van der Waals surface area contributed by atoms with Crippen molar-refractivity contribution in [3.63, 3.8) is 0 Å². The van der Waals surface area contributed by atoms with Crippen LogP contribution in [0, 0.1) is 11.8 Å². The summed E-state index contributed by atoms with van der Waals surface area (Å²) in [6.45, 7) is 3.06. The van der Waals surface area contributed by atoms with Gasteiger partial charge in [0.05, 0.1) is 4.90 Å². The van der Waals surface area contributed by atoms with Gasteiger partial charge in [-0.3, -0.25) is 4.79 Å². The molecule has 0 radical (unpaired) electrons. The molecular formula is C22H32N2O3S. The molecule has 2 heterocycles. The third-order valence-corrected chi connectivity index (χ3v) is 9.01. The van der Waals surface area contributed by atoms with Crippen LogP contribution in [-0.4, -0.2) is 48.7 Å². The predicted octanol–water partition coefficient (Wildman–Crippen LogP) is 3.66. The fraction of sp³-hybridized carbons (Fsp3) is 0.682. The van der Waals surface area contributed by atoms with E-state index in [-0.39, 0.29) is 11.8 Å². The lowest BCUT2D eigenvalue weighted by Crippen LogP contribution is -2.56. The van der Waals surface area contributed by atoms with Crippen molar-refractivity contribution >= 4 is 15.9 Å². The highest BCUT2D eigenvalue weighted by molar-refractivity contribution is 7.89. The summed E-state index contributed by atoms with van der Waals surface area (Å²) in [4.78, 5) is 16.0. The highest BCUT2D eigenvalue weighted by atomic mass is 32.2. The van der Waals surface area contributed by atoms with Crippen molar-refractivity contribution < 1.29 is 13.2 Å². The zero-order valence-corrected chi connectivity index (χ0v) is 17.6. The van der Waals surface area contributed by atoms with E-state index in [0.29, 0.717) is 48.8 Å². The number of hydrogen-bond acceptors (Lipinski definition) is 3. The summed E-state index contributed by atoms with van der Waals surface area (Å²) < 4.78 is 27.2. The molecule has 5 nitrogen and oxygen atoms in total. The molecule has 0 aromatic heterocycles. The van der Waals surface area contributed by atoms with Gasteiger partial charge in [-0.15, -0.1) is 0 Å². The summed E-state index contributed by atoms with van der Waals surface area (Å²) in [5.74, 6) is 0.915. The smallest absolute Gasteiger partial charge is 0.243 e. The molecule has 4 rings (SSSR count). The van der Waals surface area contributed by atoms with Gasteiger partial charge in [-0.05, 0) is 63.5 Å². The van der Waals surface area contributed by atoms with Gasteiger partial charge in [0.1, 0.15) is 0 Å². The van der Waals surface area contributed by atoms with Gasteiger partial charge in [-0.25, -0.2) is 8.42 Å². The average molecular weight is 405 g/mol. The number of amides is 1. The molecule has 2 aliphatic heterocycles. The zero-order chi connectivity index (χ0) is 19.7. The first-order chi connectivity index (χ1) is 13.5. The summed E-state index contributed by atoms with van der Waals surface area (Å²) in [5.41, 5.74) is 0. The van der Waals surface area contributed by atoms with Crippen LogP contribution in [0.1, 0.15) is 58.3 Å². The molecule has 3 unspecified atom stereocenters. The van der Waals surface area contributed by atoms with E-state index in [1.165, 1.54) is 25.7 Å². The second-order valence-corrected chi connectivity index (χ2v) is 10.7. The Bertz CT molecular complexity index is 787. The maximum Gasteiger partial charge on any atom is 0.243 e. The van der Waals surface area contributed by atoms with Gasteiger partial charge < -0.3 is 4.90 Å². The Morgan fingerprint density at radius 3 is 2.32 bits per heavy atom. The lowest BCUT2D eigenvalue weighted by atomic mass is 9.76. The van der Waals surface area contributed by atoms with Crippen LogP contribution < -0.4 is 0 Å². The van der Waals surface area contributed by atoms with E-state index in [2.05, 4.69) is 11.8 Å². The molecule has 154 valence electrons. The Morgan fingerprint density at radius 2 is 1.61 bits per heavy atom. The monoisotopic (exact) mass is 404 g/mol. The Labute approximate surface area is 169 Å². The van der Waals surface area contributed by atoms with Crippen molar-refractivity contribution in [1.29, 1.82) is 0 Å². The van der Waals surface area contributed by atoms with Crippen molar-refractivity contribution in [3.05, 3.63) is 30.3 Å². The minimum atomic E-state index is -3.46. The maximum atomic E-state index is 13.4. The lowest BCUT2D eigenvalue weighted by molar-refractivity contribution is -0.147. The van der Waals surface area contributed by atoms with Crippen LogP contribution in [0.2, 0.25) is 0 Å². The number of carbonyl (C=O) groups is 1. The average Bonchev–Trinajstić information content (AvgIpc) is 2.74. The van der Waals surface area contributed by atoms with Crippen LogP contribution in [-0.2, 0) is 14.8 Å². The van der Waals surface area contributed by atoms with Gasteiger partial charge in [-0.2, -0.15) is 4.31 Å². The number of likely N-dealkylation sites (tertiary alicyclic amines) is 1. The van der Waals surface area contributed by atoms with Crippen LogP contribution >= 0.6 is 0 Å². The Kier molecular flexibility index (Phi) is 5.79. The molecular weight excluding hydrogens is 372 g/mol. The Balaban J connectivity index is 1.42. The number of nitrogens with zero attached hydrogens (tertiary/aromatic N) is 2. The third-order valence-electron chi connectivity index (χ3n) is 7.09. The van der Waals surface area contributed by atoms with Crippen molar-refractivity contribution in [2.24, 2.45) is 11.8 Å². The SMILES string of the molecule is CC1CCC2CCCCC2N1C(=O)C1CCN(S(=O)(=O)c2ccccc2)CC1. The first kappa shape index (κ1) is 19.9. The fourth-order valence-corrected chi connectivity index (χ4v) is 6.98. The topological polar surface area (TPSA) is 57.7 Å². The molecule has 3 atom stereocenters. The molecule has 0 spiro atoms. The van der Waals surface area contributed by atoms with Crippen molar-refractivity contribution in [3.8, 4) is 0 Å². The second-order valence-electron chi connectivity index (χ2n) is 8.78. The number of carbonyl (C=O) groups excluding carboxylic acids is 1. The molecule has 0 N–H and O–H groups in total. The van der Waals surface area contributed by atoms with Crippen molar-refractivity contribution in [2.45, 2.75) is 75.3 Å². The third kappa shape index (κ3) is 3.73. The van der Waals surface area contributed by atoms with Crippen LogP contribution in [0.4, 0.5) is 0 Å². The Morgan fingerprint density at radius 1 is 0.929 bits per heavy atom. The largest absolute Gasteiger partial charge is 0.336 e. The number of rotatable bonds is 3. The molecule has 0 bridgehead atoms. The lowest BCUT2D eigenvalue weighted by Gasteiger charge is -2.49. The maximum absolute atomic E-state index is 13.4. The Hall–Kier alpha value is -1.40. The van der Waals surface area contributed by atoms with Gasteiger partial charge in [0.15, 0.2) is 0 Å². The molecule has 1 amide bonds. The van der Waals surface area contributed by atoms with Crippen molar-refractivity contribution in [1.82, 2.24) is 9.21 Å². The van der Waals surface area contributed by atoms with Crippen molar-refractivity contribution in [2.75, 3.05) is 13.1 Å². The van der Waals surface area contributed by atoms with Gasteiger partial charge in [0.25, 0.3) is 0 Å². The molecule has 3 aliphatic rings. The van der Waals surface area contributed by atoms with E-state index in [4.69, 9.17) is 0 Å². The number of fused-ring (bicyclic) bond motifs is 1. The summed E-state index contributed by atoms with van der Waals surface area (Å²) in [7, 11) is -3.46. The van der Waals surface area contributed by atoms with E-state index in [1.807, 2.05) is 6.07 Å². The van der Waals surface area contributed by atoms with E-state index in [0.717, 1.165) is 12.8 Å². The normalized spacial score (nSPS) is 30.0. The minimum absolute atomic E-state index is 0.0367. The number of benzene rings is 1. The van der Waals surface area contributed by atoms with Gasteiger partial charge in [0, 0.05) is 31.1 Å². The molecule has 3 fully saturated rings. The number of piperidine rings is 2. The highest BCUT2D eigenvalue weighted by Crippen LogP contribution is 2.39. The summed E-state index contributed by atoms with van der Waals surface area (Å²) >= 11 is 0. The molecule has 1 saturated carbocycles. The first-order valence-electron chi connectivity index (χ1n) is 10.9. The second kappa shape index (κ2) is 8.15. The van der Waals surface area contributed by atoms with Crippen LogP contribution in [0.25, 0.3) is 0 Å². The summed E-state index contributed by atoms with van der Waals surface area (Å²) in [6, 6.07) is 9.34. The van der Waals surface area contributed by atoms with Gasteiger partial charge >= 0.3 is 0 Å². The minimum Gasteiger partial charge on any atom is -0.336 e. The fourth-order valence-electron chi connectivity index (χ4n) is 5.49. The van der Waals surface area contributed by atoms with E-state index >= 15 is 0 Å². The molecule has 1 aliphatic carbocycles. The van der Waals surface area contributed by atoms with E-state index in [9.17, 15) is 13.2 Å². The zero-order valence-electron chi connectivity index (χ0n) is 16.8. The van der Waals surface area contributed by atoms with Crippen LogP contribution in [0.5, 0.6) is 0 Å². The summed E-state index contributed by atoms with van der Waals surface area (Å²) in [6.07, 6.45) is 8.55. The predicted molar refractivity (Wildman–Crippen MR) is 109 cm³/mol. The van der Waals surface area contributed by atoms with E-state index in [1.54, 1.807) is 28.6 Å². The molecule has 6 heteroatoms. The van der Waals surface area contributed by atoms with E-state index < -0.39 is 10.0 Å².